The highest BCUT2D eigenvalue weighted by Gasteiger charge is 2.41. The van der Waals surface area contributed by atoms with Crippen molar-refractivity contribution in [2.75, 3.05) is 30.9 Å². The summed E-state index contributed by atoms with van der Waals surface area (Å²) in [5.41, 5.74) is 5.77. The maximum atomic E-state index is 14.5. The molecular formula is C26H35ClFN2O9P. The number of hydrogen-bond donors (Lipinski definition) is 3. The van der Waals surface area contributed by atoms with Gasteiger partial charge in [0, 0.05) is 30.0 Å². The van der Waals surface area contributed by atoms with E-state index in [-0.39, 0.29) is 29.0 Å². The Morgan fingerprint density at radius 3 is 2.30 bits per heavy atom. The first-order valence-electron chi connectivity index (χ1n) is 12.9. The fourth-order valence-corrected chi connectivity index (χ4v) is 4.94. The number of carboxylic acids is 1. The number of carbonyl (C=O) groups is 4. The summed E-state index contributed by atoms with van der Waals surface area (Å²) in [6.45, 7) is 3.11. The summed E-state index contributed by atoms with van der Waals surface area (Å²) in [5, 5.41) is 8.21. The average molecular weight is 605 g/mol. The van der Waals surface area contributed by atoms with Gasteiger partial charge in [0.2, 0.25) is 0 Å². The van der Waals surface area contributed by atoms with Gasteiger partial charge in [0.15, 0.2) is 14.0 Å². The normalized spacial score (nSPS) is 17.0. The van der Waals surface area contributed by atoms with Crippen LogP contribution in [0.4, 0.5) is 10.1 Å². The lowest BCUT2D eigenvalue weighted by molar-refractivity contribution is -0.146. The molecule has 222 valence electrons. The number of benzene rings is 1. The van der Waals surface area contributed by atoms with E-state index in [2.05, 4.69) is 0 Å². The van der Waals surface area contributed by atoms with Gasteiger partial charge in [0.1, 0.15) is 17.6 Å². The molecule has 1 aromatic carbocycles. The molecule has 0 spiro atoms. The molecular weight excluding hydrogens is 570 g/mol. The number of aliphatic carboxylic acids is 1. The highest BCUT2D eigenvalue weighted by molar-refractivity contribution is 7.57. The third kappa shape index (κ3) is 9.69. The van der Waals surface area contributed by atoms with Crippen LogP contribution >= 0.6 is 19.0 Å². The highest BCUT2D eigenvalue weighted by Crippen LogP contribution is 2.39. The van der Waals surface area contributed by atoms with E-state index in [1.54, 1.807) is 0 Å². The van der Waals surface area contributed by atoms with Crippen LogP contribution < -0.4 is 15.4 Å². The summed E-state index contributed by atoms with van der Waals surface area (Å²) < 4.78 is 35.6. The van der Waals surface area contributed by atoms with E-state index >= 15 is 0 Å². The molecule has 0 saturated carbocycles. The van der Waals surface area contributed by atoms with Crippen LogP contribution in [0.1, 0.15) is 58.3 Å². The first-order chi connectivity index (χ1) is 18.8. The Morgan fingerprint density at radius 1 is 1.18 bits per heavy atom. The molecule has 40 heavy (non-hydrogen) atoms. The van der Waals surface area contributed by atoms with Crippen LogP contribution in [0.15, 0.2) is 23.3 Å². The molecule has 2 aliphatic rings. The first kappa shape index (κ1) is 33.4. The van der Waals surface area contributed by atoms with E-state index in [9.17, 15) is 28.1 Å². The maximum absolute atomic E-state index is 14.5. The Bertz CT molecular complexity index is 1170. The van der Waals surface area contributed by atoms with Crippen molar-refractivity contribution in [1.82, 2.24) is 0 Å². The zero-order valence-electron chi connectivity index (χ0n) is 22.5. The van der Waals surface area contributed by atoms with Gasteiger partial charge in [-0.3, -0.25) is 18.9 Å². The van der Waals surface area contributed by atoms with Crippen LogP contribution in [0.25, 0.3) is 0 Å². The summed E-state index contributed by atoms with van der Waals surface area (Å²) in [4.78, 5) is 56.8. The fourth-order valence-electron chi connectivity index (χ4n) is 3.98. The zero-order chi connectivity index (χ0) is 30.0. The molecule has 2 unspecified atom stereocenters. The smallest absolute Gasteiger partial charge is 0.344 e. The van der Waals surface area contributed by atoms with Crippen molar-refractivity contribution >= 4 is 48.4 Å². The molecule has 3 rings (SSSR count). The van der Waals surface area contributed by atoms with Gasteiger partial charge in [-0.1, -0.05) is 31.4 Å². The topological polar surface area (TPSA) is 174 Å². The van der Waals surface area contributed by atoms with Crippen molar-refractivity contribution in [3.63, 3.8) is 0 Å². The largest absolute Gasteiger partial charge is 0.480 e. The number of rotatable bonds is 12. The second-order valence-corrected chi connectivity index (χ2v) is 12.5. The molecule has 11 nitrogen and oxygen atoms in total. The fraction of sp³-hybridized carbons (Fsp3) is 0.538. The van der Waals surface area contributed by atoms with Crippen molar-refractivity contribution in [2.24, 2.45) is 5.73 Å². The molecule has 1 aliphatic heterocycles. The van der Waals surface area contributed by atoms with Gasteiger partial charge in [-0.2, -0.15) is 0 Å². The SMILES string of the molecule is CCCCCOC(=O)COc1cc(N2C(=O)C3=C(CCCC3)C2=O)c(F)cc1Cl.CP(=O)(O)CCC(N)C(=O)O. The molecule has 0 radical (unpaired) electrons. The molecule has 1 aromatic rings. The molecule has 14 heteroatoms. The predicted molar refractivity (Wildman–Crippen MR) is 146 cm³/mol. The van der Waals surface area contributed by atoms with Crippen molar-refractivity contribution in [1.29, 1.82) is 0 Å². The van der Waals surface area contributed by atoms with Crippen LogP contribution in [0.5, 0.6) is 5.75 Å². The second-order valence-electron chi connectivity index (χ2n) is 9.57. The maximum Gasteiger partial charge on any atom is 0.344 e. The van der Waals surface area contributed by atoms with E-state index in [0.717, 1.165) is 43.1 Å². The number of anilines is 1. The van der Waals surface area contributed by atoms with Crippen molar-refractivity contribution in [3.8, 4) is 5.75 Å². The molecule has 4 N–H and O–H groups in total. The lowest BCUT2D eigenvalue weighted by Gasteiger charge is -2.18. The minimum absolute atomic E-state index is 0.000883. The van der Waals surface area contributed by atoms with Crippen molar-refractivity contribution in [2.45, 2.75) is 64.3 Å². The third-order valence-electron chi connectivity index (χ3n) is 6.16. The van der Waals surface area contributed by atoms with Crippen LogP contribution in [0.3, 0.4) is 0 Å². The number of nitrogens with two attached hydrogens (primary N) is 1. The first-order valence-corrected chi connectivity index (χ1v) is 15.6. The molecule has 1 aliphatic carbocycles. The standard InChI is InChI=1S/C21H23ClFNO5.C5H12NO4P/c1-2-3-6-9-28-19(25)12-29-18-11-17(16(23)10-15(18)22)24-20(26)13-7-4-5-8-14(13)21(24)27;1-11(9,10)3-2-4(6)5(7)8/h10-11H,2-9,12H2,1H3;4H,2-3,6H2,1H3,(H,7,8)(H,9,10). The molecule has 2 atom stereocenters. The number of ether oxygens (including phenoxy) is 2. The number of nitrogens with zero attached hydrogens (tertiary/aromatic N) is 1. The zero-order valence-corrected chi connectivity index (χ0v) is 24.1. The Morgan fingerprint density at radius 2 is 1.77 bits per heavy atom. The molecule has 0 saturated heterocycles. The van der Waals surface area contributed by atoms with E-state index in [4.69, 9.17) is 36.8 Å². The van der Waals surface area contributed by atoms with Gasteiger partial charge >= 0.3 is 11.9 Å². The Labute approximate surface area is 236 Å². The number of esters is 1. The minimum Gasteiger partial charge on any atom is -0.480 e. The number of hydrogen-bond acceptors (Lipinski definition) is 8. The van der Waals surface area contributed by atoms with Crippen molar-refractivity contribution in [3.05, 3.63) is 34.1 Å². The molecule has 1 heterocycles. The lowest BCUT2D eigenvalue weighted by Crippen LogP contribution is -2.32. The number of halogens is 2. The van der Waals surface area contributed by atoms with E-state index in [0.29, 0.717) is 30.6 Å². The van der Waals surface area contributed by atoms with E-state index in [1.807, 2.05) is 6.92 Å². The molecule has 0 aromatic heterocycles. The van der Waals surface area contributed by atoms with Gasteiger partial charge in [0.25, 0.3) is 11.8 Å². The number of imide groups is 1. The predicted octanol–water partition coefficient (Wildman–Crippen LogP) is 4.02. The summed E-state index contributed by atoms with van der Waals surface area (Å²) in [5.74, 6) is -3.54. The van der Waals surface area contributed by atoms with Gasteiger partial charge in [-0.25, -0.2) is 14.1 Å². The van der Waals surface area contributed by atoms with Gasteiger partial charge in [-0.05, 0) is 44.6 Å². The minimum atomic E-state index is -3.10. The summed E-state index contributed by atoms with van der Waals surface area (Å²) in [6.07, 6.45) is 5.40. The van der Waals surface area contributed by atoms with Crippen LogP contribution in [0.2, 0.25) is 5.02 Å². The van der Waals surface area contributed by atoms with Gasteiger partial charge < -0.3 is 25.2 Å². The average Bonchev–Trinajstić information content (AvgIpc) is 3.14. The lowest BCUT2D eigenvalue weighted by atomic mass is 9.93. The molecule has 0 fully saturated rings. The molecule has 0 bridgehead atoms. The summed E-state index contributed by atoms with van der Waals surface area (Å²) >= 11 is 6.02. The second kappa shape index (κ2) is 15.3. The van der Waals surface area contributed by atoms with Gasteiger partial charge in [-0.15, -0.1) is 0 Å². The number of carbonyl (C=O) groups excluding carboxylic acids is 3. The quantitative estimate of drug-likeness (QED) is 0.137. The number of carboxylic acid groups (broad SMARTS) is 1. The monoisotopic (exact) mass is 604 g/mol. The summed E-state index contributed by atoms with van der Waals surface area (Å²) in [6, 6.07) is 1.11. The number of amides is 2. The highest BCUT2D eigenvalue weighted by atomic mass is 35.5. The van der Waals surface area contributed by atoms with Crippen LogP contribution in [-0.4, -0.2) is 65.8 Å². The third-order valence-corrected chi connectivity index (χ3v) is 7.54. The Hall–Kier alpha value is -2.79. The van der Waals surface area contributed by atoms with Gasteiger partial charge in [0.05, 0.1) is 17.3 Å². The molecule has 2 amide bonds. The Kier molecular flexibility index (Phi) is 12.8. The van der Waals surface area contributed by atoms with Crippen LogP contribution in [0, 0.1) is 5.82 Å². The van der Waals surface area contributed by atoms with Crippen molar-refractivity contribution < 1.29 is 47.6 Å². The van der Waals surface area contributed by atoms with E-state index < -0.39 is 49.6 Å². The summed E-state index contributed by atoms with van der Waals surface area (Å²) in [7, 11) is -3.10. The number of unbranched alkanes of at least 4 members (excludes halogenated alkanes) is 2. The Balaban J connectivity index is 0.000000432. The van der Waals surface area contributed by atoms with E-state index in [1.165, 1.54) is 12.7 Å². The van der Waals surface area contributed by atoms with Crippen LogP contribution in [-0.2, 0) is 28.5 Å².